The second-order valence-corrected chi connectivity index (χ2v) is 11.1. The third kappa shape index (κ3) is 5.92. The quantitative estimate of drug-likeness (QED) is 0.600. The monoisotopic (exact) mass is 504 g/mol. The molecule has 9 heteroatoms. The molecule has 3 aliphatic rings. The molecule has 0 unspecified atom stereocenters. The summed E-state index contributed by atoms with van der Waals surface area (Å²) in [4.78, 5) is 43.7. The second-order valence-electron chi connectivity index (χ2n) is 10.7. The number of esters is 1. The zero-order valence-corrected chi connectivity index (χ0v) is 21.8. The Balaban J connectivity index is 1.23. The van der Waals surface area contributed by atoms with Crippen molar-refractivity contribution in [1.29, 1.82) is 0 Å². The third-order valence-corrected chi connectivity index (χ3v) is 7.90. The van der Waals surface area contributed by atoms with Gasteiger partial charge in [-0.3, -0.25) is 19.3 Å². The molecule has 192 valence electrons. The topological polar surface area (TPSA) is 82.2 Å². The normalized spacial score (nSPS) is 22.9. The van der Waals surface area contributed by atoms with Crippen LogP contribution < -0.4 is 10.2 Å². The Hall–Kier alpha value is -2.32. The standard InChI is InChI=1S/C26H37ClN4O4/c1-19(32)28-25(2,3)23(33)31-11-8-26(9-12-31)18-22(35-24(26)34)7-10-29-13-15-30(16-14-29)21-6-4-5-20(27)17-21/h4-6,17,22H,7-16,18H2,1-3H3,(H,28,32)/t22-/m0/s1. The van der Waals surface area contributed by atoms with Crippen LogP contribution in [0.5, 0.6) is 0 Å². The molecule has 8 nitrogen and oxygen atoms in total. The molecule has 3 heterocycles. The van der Waals surface area contributed by atoms with Crippen LogP contribution in [-0.4, -0.2) is 85.0 Å². The summed E-state index contributed by atoms with van der Waals surface area (Å²) in [5.41, 5.74) is -0.273. The molecule has 2 amide bonds. The fourth-order valence-corrected chi connectivity index (χ4v) is 5.85. The summed E-state index contributed by atoms with van der Waals surface area (Å²) >= 11 is 6.14. The van der Waals surface area contributed by atoms with Gasteiger partial charge in [-0.25, -0.2) is 0 Å². The minimum absolute atomic E-state index is 0.0634. The Morgan fingerprint density at radius 3 is 2.46 bits per heavy atom. The molecule has 1 atom stereocenters. The Bertz CT molecular complexity index is 952. The molecule has 0 aliphatic carbocycles. The number of anilines is 1. The lowest BCUT2D eigenvalue weighted by Gasteiger charge is -2.40. The average Bonchev–Trinajstić information content (AvgIpc) is 3.12. The van der Waals surface area contributed by atoms with Gasteiger partial charge in [0, 0.05) is 69.9 Å². The van der Waals surface area contributed by atoms with Crippen LogP contribution in [0.15, 0.2) is 24.3 Å². The maximum Gasteiger partial charge on any atom is 0.312 e. The van der Waals surface area contributed by atoms with E-state index in [-0.39, 0.29) is 23.9 Å². The van der Waals surface area contributed by atoms with Gasteiger partial charge in [-0.2, -0.15) is 0 Å². The van der Waals surface area contributed by atoms with E-state index in [2.05, 4.69) is 21.2 Å². The number of halogens is 1. The summed E-state index contributed by atoms with van der Waals surface area (Å²) in [6.07, 6.45) is 2.73. The van der Waals surface area contributed by atoms with Gasteiger partial charge in [0.05, 0.1) is 5.41 Å². The number of cyclic esters (lactones) is 1. The van der Waals surface area contributed by atoms with Crippen molar-refractivity contribution in [2.45, 2.75) is 58.1 Å². The van der Waals surface area contributed by atoms with Crippen LogP contribution in [-0.2, 0) is 19.1 Å². The van der Waals surface area contributed by atoms with Crippen LogP contribution in [0.3, 0.4) is 0 Å². The van der Waals surface area contributed by atoms with E-state index in [0.717, 1.165) is 56.3 Å². The molecule has 0 radical (unpaired) electrons. The van der Waals surface area contributed by atoms with E-state index in [1.165, 1.54) is 6.92 Å². The molecular weight excluding hydrogens is 468 g/mol. The molecule has 4 rings (SSSR count). The molecule has 1 spiro atoms. The number of carbonyl (C=O) groups is 3. The number of benzene rings is 1. The van der Waals surface area contributed by atoms with E-state index in [4.69, 9.17) is 16.3 Å². The number of hydrogen-bond acceptors (Lipinski definition) is 6. The minimum Gasteiger partial charge on any atom is -0.462 e. The zero-order valence-electron chi connectivity index (χ0n) is 21.0. The van der Waals surface area contributed by atoms with Gasteiger partial charge in [0.2, 0.25) is 11.8 Å². The van der Waals surface area contributed by atoms with E-state index in [1.54, 1.807) is 18.7 Å². The average molecular weight is 505 g/mol. The summed E-state index contributed by atoms with van der Waals surface area (Å²) in [5.74, 6) is -0.450. The van der Waals surface area contributed by atoms with Gasteiger partial charge in [-0.1, -0.05) is 17.7 Å². The van der Waals surface area contributed by atoms with E-state index >= 15 is 0 Å². The van der Waals surface area contributed by atoms with Crippen LogP contribution in [0.1, 0.15) is 46.5 Å². The number of piperazine rings is 1. The third-order valence-electron chi connectivity index (χ3n) is 7.67. The van der Waals surface area contributed by atoms with Gasteiger partial charge in [0.15, 0.2) is 0 Å². The first-order valence-corrected chi connectivity index (χ1v) is 13.0. The van der Waals surface area contributed by atoms with Crippen LogP contribution in [0.25, 0.3) is 0 Å². The number of likely N-dealkylation sites (tertiary alicyclic amines) is 1. The Morgan fingerprint density at radius 2 is 1.83 bits per heavy atom. The van der Waals surface area contributed by atoms with Crippen molar-refractivity contribution in [1.82, 2.24) is 15.1 Å². The highest BCUT2D eigenvalue weighted by Gasteiger charge is 2.51. The molecule has 0 bridgehead atoms. The van der Waals surface area contributed by atoms with Gasteiger partial charge in [0.25, 0.3) is 0 Å². The number of nitrogens with one attached hydrogen (secondary N) is 1. The smallest absolute Gasteiger partial charge is 0.312 e. The number of ether oxygens (including phenoxy) is 1. The molecule has 1 N–H and O–H groups in total. The molecule has 3 saturated heterocycles. The Labute approximate surface area is 212 Å². The zero-order chi connectivity index (χ0) is 25.2. The van der Waals surface area contributed by atoms with Crippen molar-refractivity contribution < 1.29 is 19.1 Å². The van der Waals surface area contributed by atoms with Crippen LogP contribution >= 0.6 is 11.6 Å². The predicted molar refractivity (Wildman–Crippen MR) is 135 cm³/mol. The van der Waals surface area contributed by atoms with Gasteiger partial charge >= 0.3 is 5.97 Å². The van der Waals surface area contributed by atoms with Crippen molar-refractivity contribution >= 4 is 35.1 Å². The van der Waals surface area contributed by atoms with Crippen LogP contribution in [0, 0.1) is 5.41 Å². The number of rotatable bonds is 6. The van der Waals surface area contributed by atoms with Crippen molar-refractivity contribution in [3.63, 3.8) is 0 Å². The highest BCUT2D eigenvalue weighted by atomic mass is 35.5. The summed E-state index contributed by atoms with van der Waals surface area (Å²) in [7, 11) is 0. The molecule has 1 aromatic carbocycles. The largest absolute Gasteiger partial charge is 0.462 e. The highest BCUT2D eigenvalue weighted by molar-refractivity contribution is 6.30. The predicted octanol–water partition coefficient (Wildman–Crippen LogP) is 2.69. The molecule has 1 aromatic rings. The minimum atomic E-state index is -0.953. The van der Waals surface area contributed by atoms with Crippen molar-refractivity contribution in [2.24, 2.45) is 5.41 Å². The molecular formula is C26H37ClN4O4. The maximum absolute atomic E-state index is 12.9. The van der Waals surface area contributed by atoms with E-state index in [9.17, 15) is 14.4 Å². The Morgan fingerprint density at radius 1 is 1.14 bits per heavy atom. The first-order chi connectivity index (χ1) is 16.6. The lowest BCUT2D eigenvalue weighted by atomic mass is 9.75. The number of carbonyl (C=O) groups excluding carboxylic acids is 3. The van der Waals surface area contributed by atoms with E-state index < -0.39 is 11.0 Å². The Kier molecular flexibility index (Phi) is 7.62. The van der Waals surface area contributed by atoms with Gasteiger partial charge in [0.1, 0.15) is 11.6 Å². The first-order valence-electron chi connectivity index (χ1n) is 12.6. The second kappa shape index (κ2) is 10.3. The van der Waals surface area contributed by atoms with Crippen molar-refractivity contribution in [2.75, 3.05) is 50.7 Å². The van der Waals surface area contributed by atoms with Gasteiger partial charge in [-0.05, 0) is 51.3 Å². The summed E-state index contributed by atoms with van der Waals surface area (Å²) in [6.45, 7) is 10.6. The van der Waals surface area contributed by atoms with Crippen molar-refractivity contribution in [3.8, 4) is 0 Å². The number of amides is 2. The highest BCUT2D eigenvalue weighted by Crippen LogP contribution is 2.44. The molecule has 3 fully saturated rings. The van der Waals surface area contributed by atoms with Crippen LogP contribution in [0.2, 0.25) is 5.02 Å². The van der Waals surface area contributed by atoms with Crippen molar-refractivity contribution in [3.05, 3.63) is 29.3 Å². The van der Waals surface area contributed by atoms with E-state index in [1.807, 2.05) is 18.2 Å². The lowest BCUT2D eigenvalue weighted by molar-refractivity contribution is -0.153. The van der Waals surface area contributed by atoms with E-state index in [0.29, 0.717) is 25.9 Å². The first kappa shape index (κ1) is 25.8. The molecule has 35 heavy (non-hydrogen) atoms. The number of nitrogens with zero attached hydrogens (tertiary/aromatic N) is 3. The summed E-state index contributed by atoms with van der Waals surface area (Å²) in [6, 6.07) is 7.98. The lowest BCUT2D eigenvalue weighted by Crippen LogP contribution is -2.58. The fourth-order valence-electron chi connectivity index (χ4n) is 5.66. The summed E-state index contributed by atoms with van der Waals surface area (Å²) in [5, 5.41) is 3.48. The molecule has 0 saturated carbocycles. The summed E-state index contributed by atoms with van der Waals surface area (Å²) < 4.78 is 5.81. The fraction of sp³-hybridized carbons (Fsp3) is 0.654. The molecule has 0 aromatic heterocycles. The van der Waals surface area contributed by atoms with Crippen LogP contribution in [0.4, 0.5) is 5.69 Å². The SMILES string of the molecule is CC(=O)NC(C)(C)C(=O)N1CCC2(CC1)C[C@H](CCN1CCN(c3cccc(Cl)c3)CC1)OC2=O. The molecule has 3 aliphatic heterocycles. The number of piperidine rings is 1. The number of hydrogen-bond donors (Lipinski definition) is 1. The maximum atomic E-state index is 12.9. The van der Waals surface area contributed by atoms with Gasteiger partial charge < -0.3 is 19.9 Å². The van der Waals surface area contributed by atoms with Gasteiger partial charge in [-0.15, -0.1) is 0 Å².